The topological polar surface area (TPSA) is 89.9 Å². The molecule has 6 heteroatoms. The number of carbonyl (C=O) groups is 3. The molecule has 0 saturated heterocycles. The molecule has 1 N–H and O–H groups in total. The molecule has 0 heterocycles. The summed E-state index contributed by atoms with van der Waals surface area (Å²) in [4.78, 5) is 34.6. The summed E-state index contributed by atoms with van der Waals surface area (Å²) < 4.78 is 9.89. The molecule has 1 aliphatic carbocycles. The van der Waals surface area contributed by atoms with Crippen LogP contribution in [0.1, 0.15) is 71.6 Å². The number of unbranched alkanes of at least 4 members (excludes halogenated alkanes) is 1. The number of allylic oxidation sites excluding steroid dienone is 3. The van der Waals surface area contributed by atoms with Crippen molar-refractivity contribution in [3.63, 3.8) is 0 Å². The van der Waals surface area contributed by atoms with Gasteiger partial charge in [0.1, 0.15) is 6.10 Å². The van der Waals surface area contributed by atoms with Crippen molar-refractivity contribution in [2.45, 2.75) is 83.8 Å². The first-order valence-electron chi connectivity index (χ1n) is 9.71. The number of ether oxygens (including phenoxy) is 2. The summed E-state index contributed by atoms with van der Waals surface area (Å²) in [6.07, 6.45) is 8.19. The van der Waals surface area contributed by atoms with Crippen molar-refractivity contribution in [2.24, 2.45) is 0 Å². The molecule has 1 rings (SSSR count). The van der Waals surface area contributed by atoms with Crippen molar-refractivity contribution < 1.29 is 29.0 Å². The molecule has 0 radical (unpaired) electrons. The van der Waals surface area contributed by atoms with E-state index in [0.29, 0.717) is 25.7 Å². The van der Waals surface area contributed by atoms with Gasteiger partial charge in [-0.15, -0.1) is 0 Å². The van der Waals surface area contributed by atoms with Crippen LogP contribution in [0.25, 0.3) is 0 Å². The molecule has 6 nitrogen and oxygen atoms in total. The molecular formula is C21H32O6. The Labute approximate surface area is 161 Å². The van der Waals surface area contributed by atoms with E-state index in [1.165, 1.54) is 14.0 Å². The molecule has 0 aromatic rings. The molecule has 27 heavy (non-hydrogen) atoms. The van der Waals surface area contributed by atoms with Crippen LogP contribution >= 0.6 is 0 Å². The average Bonchev–Trinajstić information content (AvgIpc) is 2.89. The minimum absolute atomic E-state index is 0.0362. The van der Waals surface area contributed by atoms with Gasteiger partial charge < -0.3 is 14.6 Å². The number of ketones is 1. The maximum atomic E-state index is 12.1. The number of carbonyl (C=O) groups excluding carboxylic acids is 3. The number of rotatable bonds is 12. The summed E-state index contributed by atoms with van der Waals surface area (Å²) in [7, 11) is 1.33. The van der Waals surface area contributed by atoms with Gasteiger partial charge in [0.15, 0.2) is 5.78 Å². The van der Waals surface area contributed by atoms with E-state index in [9.17, 15) is 19.5 Å². The molecule has 0 aromatic heterocycles. The normalized spacial score (nSPS) is 18.2. The third kappa shape index (κ3) is 8.52. The van der Waals surface area contributed by atoms with E-state index in [1.54, 1.807) is 0 Å². The van der Waals surface area contributed by atoms with Crippen molar-refractivity contribution in [2.75, 3.05) is 7.11 Å². The van der Waals surface area contributed by atoms with E-state index < -0.39 is 6.10 Å². The van der Waals surface area contributed by atoms with E-state index in [0.717, 1.165) is 30.4 Å². The Balaban J connectivity index is 2.53. The number of aliphatic hydroxyl groups excluding tert-OH is 1. The van der Waals surface area contributed by atoms with E-state index in [4.69, 9.17) is 4.74 Å². The highest BCUT2D eigenvalue weighted by Crippen LogP contribution is 2.30. The number of hydrogen-bond acceptors (Lipinski definition) is 6. The Morgan fingerprint density at radius 2 is 2.00 bits per heavy atom. The fourth-order valence-electron chi connectivity index (χ4n) is 3.30. The lowest BCUT2D eigenvalue weighted by Crippen LogP contribution is -2.18. The van der Waals surface area contributed by atoms with E-state index in [1.807, 2.05) is 19.1 Å². The van der Waals surface area contributed by atoms with Crippen LogP contribution < -0.4 is 0 Å². The number of hydrogen-bond donors (Lipinski definition) is 1. The zero-order valence-corrected chi connectivity index (χ0v) is 16.7. The fraction of sp³-hybridized carbons (Fsp3) is 0.667. The maximum Gasteiger partial charge on any atom is 0.305 e. The molecule has 0 amide bonds. The zero-order valence-electron chi connectivity index (χ0n) is 16.7. The van der Waals surface area contributed by atoms with Crippen molar-refractivity contribution >= 4 is 17.7 Å². The quantitative estimate of drug-likeness (QED) is 0.317. The molecule has 1 aliphatic rings. The van der Waals surface area contributed by atoms with Gasteiger partial charge in [-0.05, 0) is 50.5 Å². The lowest BCUT2D eigenvalue weighted by atomic mass is 9.98. The third-order valence-corrected chi connectivity index (χ3v) is 4.68. The SMILES string of the molecule is CC/C=C\CC1=C(CCCC[C@H](CCC(=O)OC)OC(C)=O)[C@H](O)CC1=O. The van der Waals surface area contributed by atoms with Gasteiger partial charge in [-0.2, -0.15) is 0 Å². The van der Waals surface area contributed by atoms with Crippen LogP contribution in [0.2, 0.25) is 0 Å². The Morgan fingerprint density at radius 3 is 2.63 bits per heavy atom. The van der Waals surface area contributed by atoms with Gasteiger partial charge in [-0.1, -0.05) is 19.1 Å². The van der Waals surface area contributed by atoms with Crippen LogP contribution in [0, 0.1) is 0 Å². The molecule has 0 aromatic carbocycles. The van der Waals surface area contributed by atoms with Crippen LogP contribution in [0.4, 0.5) is 0 Å². The highest BCUT2D eigenvalue weighted by atomic mass is 16.5. The molecule has 0 saturated carbocycles. The summed E-state index contributed by atoms with van der Waals surface area (Å²) in [6.45, 7) is 3.39. The monoisotopic (exact) mass is 380 g/mol. The first-order valence-corrected chi connectivity index (χ1v) is 9.71. The van der Waals surface area contributed by atoms with E-state index in [2.05, 4.69) is 4.74 Å². The van der Waals surface area contributed by atoms with Gasteiger partial charge in [0.2, 0.25) is 0 Å². The molecule has 0 spiro atoms. The Bertz CT molecular complexity index is 575. The van der Waals surface area contributed by atoms with Crippen LogP contribution in [0.5, 0.6) is 0 Å². The van der Waals surface area contributed by atoms with Gasteiger partial charge in [-0.3, -0.25) is 14.4 Å². The summed E-state index contributed by atoms with van der Waals surface area (Å²) in [5.74, 6) is -0.654. The molecule has 0 aliphatic heterocycles. The van der Waals surface area contributed by atoms with Crippen molar-refractivity contribution in [1.82, 2.24) is 0 Å². The van der Waals surface area contributed by atoms with Gasteiger partial charge in [-0.25, -0.2) is 0 Å². The highest BCUT2D eigenvalue weighted by Gasteiger charge is 2.29. The Morgan fingerprint density at radius 1 is 1.26 bits per heavy atom. The number of esters is 2. The molecule has 0 fully saturated rings. The first kappa shape index (κ1) is 23.1. The Hall–Kier alpha value is -1.95. The van der Waals surface area contributed by atoms with Crippen LogP contribution in [-0.4, -0.2) is 42.1 Å². The smallest absolute Gasteiger partial charge is 0.305 e. The molecule has 0 unspecified atom stereocenters. The van der Waals surface area contributed by atoms with Crippen LogP contribution in [-0.2, 0) is 23.9 Å². The summed E-state index contributed by atoms with van der Waals surface area (Å²) in [5.41, 5.74) is 1.59. The van der Waals surface area contributed by atoms with Crippen molar-refractivity contribution in [1.29, 1.82) is 0 Å². The lowest BCUT2D eigenvalue weighted by Gasteiger charge is -2.17. The van der Waals surface area contributed by atoms with Crippen LogP contribution in [0.3, 0.4) is 0 Å². The molecule has 0 bridgehead atoms. The maximum absolute atomic E-state index is 12.1. The molecule has 152 valence electrons. The van der Waals surface area contributed by atoms with Gasteiger partial charge >= 0.3 is 11.9 Å². The summed E-state index contributed by atoms with van der Waals surface area (Å²) in [6, 6.07) is 0. The second-order valence-electron chi connectivity index (χ2n) is 6.82. The van der Waals surface area contributed by atoms with Crippen molar-refractivity contribution in [3.05, 3.63) is 23.3 Å². The zero-order chi connectivity index (χ0) is 20.2. The predicted octanol–water partition coefficient (Wildman–Crippen LogP) is 3.42. The van der Waals surface area contributed by atoms with Gasteiger partial charge in [0, 0.05) is 25.3 Å². The van der Waals surface area contributed by atoms with E-state index in [-0.39, 0.29) is 36.7 Å². The standard InChI is InChI=1S/C21H32O6/c1-4-5-6-10-17-18(20(24)14-19(17)23)11-8-7-9-16(27-15(2)22)12-13-21(25)26-3/h5-6,16,20,24H,4,7-14H2,1-3H3/b6-5-/t16-,20-/m1/s1. The molecule has 2 atom stereocenters. The number of methoxy groups -OCH3 is 1. The summed E-state index contributed by atoms with van der Waals surface area (Å²) >= 11 is 0. The van der Waals surface area contributed by atoms with Crippen LogP contribution in [0.15, 0.2) is 23.3 Å². The number of Topliss-reactive ketones (excluding diaryl/α,β-unsaturated/α-hetero) is 1. The fourth-order valence-corrected chi connectivity index (χ4v) is 3.30. The second-order valence-corrected chi connectivity index (χ2v) is 6.82. The minimum atomic E-state index is -0.675. The Kier molecular flexibility index (Phi) is 10.6. The number of aliphatic hydroxyl groups is 1. The molecular weight excluding hydrogens is 348 g/mol. The third-order valence-electron chi connectivity index (χ3n) is 4.68. The predicted molar refractivity (Wildman–Crippen MR) is 102 cm³/mol. The average molecular weight is 380 g/mol. The van der Waals surface area contributed by atoms with Crippen molar-refractivity contribution in [3.8, 4) is 0 Å². The minimum Gasteiger partial charge on any atom is -0.469 e. The lowest BCUT2D eigenvalue weighted by molar-refractivity contribution is -0.149. The van der Waals surface area contributed by atoms with E-state index >= 15 is 0 Å². The second kappa shape index (κ2) is 12.4. The van der Waals surface area contributed by atoms with Gasteiger partial charge in [0.25, 0.3) is 0 Å². The summed E-state index contributed by atoms with van der Waals surface area (Å²) in [5, 5.41) is 10.2. The largest absolute Gasteiger partial charge is 0.469 e. The highest BCUT2D eigenvalue weighted by molar-refractivity contribution is 5.99. The van der Waals surface area contributed by atoms with Gasteiger partial charge in [0.05, 0.1) is 13.2 Å². The first-order chi connectivity index (χ1) is 12.9.